The molecular formula is C15H22ClN5O. The second kappa shape index (κ2) is 8.51. The summed E-state index contributed by atoms with van der Waals surface area (Å²) in [6.45, 7) is 3.36. The lowest BCUT2D eigenvalue weighted by Crippen LogP contribution is -2.33. The molecule has 0 aliphatic carbocycles. The van der Waals surface area contributed by atoms with Crippen molar-refractivity contribution in [1.29, 1.82) is 0 Å². The van der Waals surface area contributed by atoms with Crippen LogP contribution in [0.1, 0.15) is 23.4 Å². The number of likely N-dealkylation sites (N-methyl/N-ethyl adjacent to an activating group) is 2. The molecule has 0 unspecified atom stereocenters. The van der Waals surface area contributed by atoms with Gasteiger partial charge in [0.05, 0.1) is 5.69 Å². The molecule has 22 heavy (non-hydrogen) atoms. The summed E-state index contributed by atoms with van der Waals surface area (Å²) in [6.07, 6.45) is 0.718. The first-order valence-corrected chi connectivity index (χ1v) is 7.08. The second-order valence-corrected chi connectivity index (χ2v) is 4.78. The number of para-hydroxylation sites is 1. The van der Waals surface area contributed by atoms with E-state index in [0.29, 0.717) is 6.54 Å². The van der Waals surface area contributed by atoms with E-state index < -0.39 is 0 Å². The van der Waals surface area contributed by atoms with Crippen molar-refractivity contribution in [2.45, 2.75) is 13.3 Å². The molecule has 0 radical (unpaired) electrons. The van der Waals surface area contributed by atoms with Crippen molar-refractivity contribution in [2.75, 3.05) is 27.2 Å². The molecule has 2 rings (SSSR count). The van der Waals surface area contributed by atoms with Gasteiger partial charge in [0, 0.05) is 26.6 Å². The molecule has 0 atom stereocenters. The number of rotatable bonds is 6. The van der Waals surface area contributed by atoms with Gasteiger partial charge in [0.2, 0.25) is 5.82 Å². The summed E-state index contributed by atoms with van der Waals surface area (Å²) in [5.74, 6) is 0.871. The molecule has 2 aromatic rings. The Hall–Kier alpha value is -1.92. The van der Waals surface area contributed by atoms with Crippen LogP contribution in [0.4, 0.5) is 0 Å². The first kappa shape index (κ1) is 18.1. The molecule has 0 bridgehead atoms. The summed E-state index contributed by atoms with van der Waals surface area (Å²) in [4.78, 5) is 18.3. The Morgan fingerprint density at radius 2 is 2.00 bits per heavy atom. The van der Waals surface area contributed by atoms with Crippen molar-refractivity contribution < 1.29 is 4.79 Å². The van der Waals surface area contributed by atoms with E-state index in [-0.39, 0.29) is 24.1 Å². The molecule has 1 aromatic carbocycles. The third kappa shape index (κ3) is 4.05. The minimum absolute atomic E-state index is 0. The van der Waals surface area contributed by atoms with Crippen molar-refractivity contribution in [1.82, 2.24) is 25.0 Å². The molecule has 0 fully saturated rings. The zero-order valence-corrected chi connectivity index (χ0v) is 13.9. The van der Waals surface area contributed by atoms with Crippen molar-refractivity contribution in [2.24, 2.45) is 0 Å². The molecule has 0 aliphatic heterocycles. The third-order valence-corrected chi connectivity index (χ3v) is 3.23. The van der Waals surface area contributed by atoms with Gasteiger partial charge in [-0.05, 0) is 19.2 Å². The lowest BCUT2D eigenvalue weighted by Gasteiger charge is -2.14. The third-order valence-electron chi connectivity index (χ3n) is 3.23. The number of aromatic nitrogens is 3. The first-order chi connectivity index (χ1) is 10.2. The maximum atomic E-state index is 12.3. The molecule has 6 nitrogen and oxygen atoms in total. The quantitative estimate of drug-likeness (QED) is 0.876. The number of carbonyl (C=O) groups excluding carboxylic acids is 1. The van der Waals surface area contributed by atoms with E-state index in [9.17, 15) is 4.79 Å². The van der Waals surface area contributed by atoms with E-state index in [2.05, 4.69) is 15.4 Å². The van der Waals surface area contributed by atoms with Gasteiger partial charge in [-0.25, -0.2) is 9.67 Å². The molecule has 7 heteroatoms. The number of nitrogens with one attached hydrogen (secondary N) is 1. The highest BCUT2D eigenvalue weighted by atomic mass is 35.5. The fraction of sp³-hybridized carbons (Fsp3) is 0.400. The minimum Gasteiger partial charge on any atom is -0.338 e. The molecule has 1 aromatic heterocycles. The van der Waals surface area contributed by atoms with Crippen molar-refractivity contribution in [3.8, 4) is 5.69 Å². The normalized spacial score (nSPS) is 10.1. The minimum atomic E-state index is -0.158. The van der Waals surface area contributed by atoms with Crippen LogP contribution in [0.5, 0.6) is 0 Å². The van der Waals surface area contributed by atoms with E-state index >= 15 is 0 Å². The van der Waals surface area contributed by atoms with Crippen LogP contribution >= 0.6 is 12.4 Å². The van der Waals surface area contributed by atoms with Crippen LogP contribution in [0, 0.1) is 0 Å². The molecule has 0 spiro atoms. The Morgan fingerprint density at radius 3 is 2.59 bits per heavy atom. The lowest BCUT2D eigenvalue weighted by atomic mass is 10.3. The summed E-state index contributed by atoms with van der Waals surface area (Å²) in [6, 6.07) is 9.73. The monoisotopic (exact) mass is 323 g/mol. The van der Waals surface area contributed by atoms with Crippen molar-refractivity contribution in [3.05, 3.63) is 42.0 Å². The molecule has 0 saturated heterocycles. The van der Waals surface area contributed by atoms with E-state index in [1.165, 1.54) is 0 Å². The molecule has 1 heterocycles. The number of hydrogen-bond donors (Lipinski definition) is 1. The summed E-state index contributed by atoms with van der Waals surface area (Å²) in [5.41, 5.74) is 0.916. The highest BCUT2D eigenvalue weighted by molar-refractivity contribution is 5.90. The first-order valence-electron chi connectivity index (χ1n) is 7.08. The number of nitrogens with zero attached hydrogens (tertiary/aromatic N) is 4. The van der Waals surface area contributed by atoms with Crippen LogP contribution in [0.3, 0.4) is 0 Å². The number of benzene rings is 1. The summed E-state index contributed by atoms with van der Waals surface area (Å²) >= 11 is 0. The van der Waals surface area contributed by atoms with Gasteiger partial charge >= 0.3 is 0 Å². The Morgan fingerprint density at radius 1 is 1.32 bits per heavy atom. The van der Waals surface area contributed by atoms with Crippen molar-refractivity contribution in [3.63, 3.8) is 0 Å². The Labute approximate surface area is 136 Å². The summed E-state index contributed by atoms with van der Waals surface area (Å²) in [5, 5.41) is 7.39. The zero-order valence-electron chi connectivity index (χ0n) is 13.1. The van der Waals surface area contributed by atoms with E-state index in [1.54, 1.807) is 16.6 Å². The number of hydrogen-bond acceptors (Lipinski definition) is 4. The molecule has 1 N–H and O–H groups in total. The maximum Gasteiger partial charge on any atom is 0.293 e. The van der Waals surface area contributed by atoms with E-state index in [1.807, 2.05) is 44.3 Å². The predicted octanol–water partition coefficient (Wildman–Crippen LogP) is 1.54. The molecule has 0 saturated carbocycles. The van der Waals surface area contributed by atoms with Gasteiger partial charge in [-0.3, -0.25) is 4.79 Å². The molecule has 0 aliphatic rings. The second-order valence-electron chi connectivity index (χ2n) is 4.78. The Balaban J connectivity index is 0.00000242. The fourth-order valence-corrected chi connectivity index (χ4v) is 1.99. The SMILES string of the molecule is CCc1nc(C(=O)N(C)CCNC)nn1-c1ccccc1.Cl. The Bertz CT molecular complexity index is 599. The van der Waals surface area contributed by atoms with E-state index in [0.717, 1.165) is 24.5 Å². The van der Waals surface area contributed by atoms with Crippen LogP contribution in [-0.2, 0) is 6.42 Å². The highest BCUT2D eigenvalue weighted by Gasteiger charge is 2.19. The number of carbonyl (C=O) groups is 1. The van der Waals surface area contributed by atoms with Crippen LogP contribution in [0.2, 0.25) is 0 Å². The average Bonchev–Trinajstić information content (AvgIpc) is 2.97. The molecule has 120 valence electrons. The lowest BCUT2D eigenvalue weighted by molar-refractivity contribution is 0.0785. The Kier molecular flexibility index (Phi) is 7.01. The van der Waals surface area contributed by atoms with Gasteiger partial charge in [0.25, 0.3) is 5.91 Å². The van der Waals surface area contributed by atoms with Crippen LogP contribution < -0.4 is 5.32 Å². The zero-order chi connectivity index (χ0) is 15.2. The van der Waals surface area contributed by atoms with Gasteiger partial charge in [-0.15, -0.1) is 17.5 Å². The van der Waals surface area contributed by atoms with E-state index in [4.69, 9.17) is 0 Å². The fourth-order valence-electron chi connectivity index (χ4n) is 1.99. The van der Waals surface area contributed by atoms with Gasteiger partial charge in [0.15, 0.2) is 0 Å². The number of halogens is 1. The molecular weight excluding hydrogens is 302 g/mol. The van der Waals surface area contributed by atoms with Crippen molar-refractivity contribution >= 4 is 18.3 Å². The standard InChI is InChI=1S/C15H21N5O.ClH/c1-4-13-17-14(15(21)19(3)11-10-16-2)18-20(13)12-8-6-5-7-9-12;/h5-9,16H,4,10-11H2,1-3H3;1H. The predicted molar refractivity (Wildman–Crippen MR) is 88.9 cm³/mol. The average molecular weight is 324 g/mol. The smallest absolute Gasteiger partial charge is 0.293 e. The highest BCUT2D eigenvalue weighted by Crippen LogP contribution is 2.11. The number of amides is 1. The van der Waals surface area contributed by atoms with Crippen LogP contribution in [-0.4, -0.2) is 52.8 Å². The topological polar surface area (TPSA) is 63.1 Å². The summed E-state index contributed by atoms with van der Waals surface area (Å²) in [7, 11) is 3.62. The van der Waals surface area contributed by atoms with Gasteiger partial charge in [0.1, 0.15) is 5.82 Å². The van der Waals surface area contributed by atoms with Crippen LogP contribution in [0.15, 0.2) is 30.3 Å². The van der Waals surface area contributed by atoms with Gasteiger partial charge in [-0.2, -0.15) is 0 Å². The maximum absolute atomic E-state index is 12.3. The van der Waals surface area contributed by atoms with Gasteiger partial charge in [-0.1, -0.05) is 25.1 Å². The van der Waals surface area contributed by atoms with Gasteiger partial charge < -0.3 is 10.2 Å². The van der Waals surface area contributed by atoms with Crippen LogP contribution in [0.25, 0.3) is 5.69 Å². The summed E-state index contributed by atoms with van der Waals surface area (Å²) < 4.78 is 1.74. The number of aryl methyl sites for hydroxylation is 1. The largest absolute Gasteiger partial charge is 0.338 e. The molecule has 1 amide bonds.